The SMILES string of the molecule is C=CC.CCc1ccc(C(C)=O)cc1. The fraction of sp³-hybridized carbons (Fsp3) is 0.308. The molecule has 0 aromatic heterocycles. The third-order valence-corrected chi connectivity index (χ3v) is 1.77. The molecule has 0 fully saturated rings. The average Bonchev–Trinajstić information content (AvgIpc) is 2.19. The maximum absolute atomic E-state index is 10.8. The third kappa shape index (κ3) is 4.61. The fourth-order valence-electron chi connectivity index (χ4n) is 0.975. The second kappa shape index (κ2) is 7.07. The summed E-state index contributed by atoms with van der Waals surface area (Å²) in [5, 5.41) is 0. The highest BCUT2D eigenvalue weighted by Gasteiger charge is 1.96. The molecule has 0 aliphatic carbocycles. The van der Waals surface area contributed by atoms with Gasteiger partial charge in [0.05, 0.1) is 0 Å². The van der Waals surface area contributed by atoms with Gasteiger partial charge in [-0.3, -0.25) is 4.79 Å². The van der Waals surface area contributed by atoms with Crippen LogP contribution in [0.4, 0.5) is 0 Å². The summed E-state index contributed by atoms with van der Waals surface area (Å²) in [6, 6.07) is 7.75. The van der Waals surface area contributed by atoms with Gasteiger partial charge in [0.2, 0.25) is 0 Å². The van der Waals surface area contributed by atoms with Crippen LogP contribution >= 0.6 is 0 Å². The number of allylic oxidation sites excluding steroid dienone is 1. The van der Waals surface area contributed by atoms with Crippen molar-refractivity contribution in [1.29, 1.82) is 0 Å². The lowest BCUT2D eigenvalue weighted by molar-refractivity contribution is 0.101. The van der Waals surface area contributed by atoms with E-state index in [2.05, 4.69) is 13.5 Å². The number of hydrogen-bond donors (Lipinski definition) is 0. The summed E-state index contributed by atoms with van der Waals surface area (Å²) in [5.74, 6) is 0.132. The predicted molar refractivity (Wildman–Crippen MR) is 61.7 cm³/mol. The minimum absolute atomic E-state index is 0.132. The molecule has 1 rings (SSSR count). The molecule has 0 aliphatic heterocycles. The van der Waals surface area contributed by atoms with Gasteiger partial charge in [-0.05, 0) is 25.8 Å². The second-order valence-electron chi connectivity index (χ2n) is 3.01. The molecule has 14 heavy (non-hydrogen) atoms. The van der Waals surface area contributed by atoms with E-state index in [1.54, 1.807) is 13.0 Å². The number of ketones is 1. The lowest BCUT2D eigenvalue weighted by atomic mass is 10.1. The van der Waals surface area contributed by atoms with E-state index in [0.29, 0.717) is 0 Å². The number of hydrogen-bond acceptors (Lipinski definition) is 1. The topological polar surface area (TPSA) is 17.1 Å². The van der Waals surface area contributed by atoms with Crippen LogP contribution in [0.25, 0.3) is 0 Å². The minimum atomic E-state index is 0.132. The first-order chi connectivity index (χ1) is 6.65. The molecule has 1 aromatic carbocycles. The Bertz CT molecular complexity index is 283. The molecule has 1 aromatic rings. The first-order valence-electron chi connectivity index (χ1n) is 4.82. The lowest BCUT2D eigenvalue weighted by Crippen LogP contribution is -1.91. The summed E-state index contributed by atoms with van der Waals surface area (Å²) in [6.45, 7) is 8.93. The van der Waals surface area contributed by atoms with Gasteiger partial charge >= 0.3 is 0 Å². The normalized spacial score (nSPS) is 8.50. The van der Waals surface area contributed by atoms with Crippen LogP contribution < -0.4 is 0 Å². The van der Waals surface area contributed by atoms with Crippen molar-refractivity contribution < 1.29 is 4.79 Å². The minimum Gasteiger partial charge on any atom is -0.295 e. The van der Waals surface area contributed by atoms with Crippen LogP contribution in [0.5, 0.6) is 0 Å². The zero-order valence-corrected chi connectivity index (χ0v) is 9.21. The maximum Gasteiger partial charge on any atom is 0.159 e. The average molecular weight is 190 g/mol. The van der Waals surface area contributed by atoms with Gasteiger partial charge in [-0.25, -0.2) is 0 Å². The highest BCUT2D eigenvalue weighted by molar-refractivity contribution is 5.93. The monoisotopic (exact) mass is 190 g/mol. The molecule has 0 atom stereocenters. The van der Waals surface area contributed by atoms with E-state index in [1.165, 1.54) is 5.56 Å². The number of carbonyl (C=O) groups excluding carboxylic acids is 1. The Morgan fingerprint density at radius 3 is 2.07 bits per heavy atom. The molecule has 1 nitrogen and oxygen atoms in total. The Hall–Kier alpha value is -1.37. The summed E-state index contributed by atoms with van der Waals surface area (Å²) in [4.78, 5) is 10.8. The summed E-state index contributed by atoms with van der Waals surface area (Å²) in [5.41, 5.74) is 2.07. The number of Topliss-reactive ketones (excluding diaryl/α,β-unsaturated/α-hetero) is 1. The van der Waals surface area contributed by atoms with Crippen LogP contribution in [-0.2, 0) is 6.42 Å². The van der Waals surface area contributed by atoms with Crippen molar-refractivity contribution in [3.05, 3.63) is 48.0 Å². The molecule has 0 radical (unpaired) electrons. The molecule has 0 saturated carbocycles. The van der Waals surface area contributed by atoms with Gasteiger partial charge in [-0.1, -0.05) is 37.3 Å². The number of rotatable bonds is 2. The van der Waals surface area contributed by atoms with Crippen LogP contribution in [0.15, 0.2) is 36.9 Å². The molecule has 1 heteroatoms. The van der Waals surface area contributed by atoms with Gasteiger partial charge in [-0.15, -0.1) is 6.58 Å². The Balaban J connectivity index is 0.000000500. The van der Waals surface area contributed by atoms with Crippen LogP contribution in [0, 0.1) is 0 Å². The first-order valence-corrected chi connectivity index (χ1v) is 4.82. The van der Waals surface area contributed by atoms with Crippen LogP contribution in [-0.4, -0.2) is 5.78 Å². The molecule has 0 bridgehead atoms. The molecule has 0 N–H and O–H groups in total. The van der Waals surface area contributed by atoms with Gasteiger partial charge in [0.15, 0.2) is 5.78 Å². The molecule has 0 unspecified atom stereocenters. The summed E-state index contributed by atoms with van der Waals surface area (Å²) >= 11 is 0. The molecule has 0 aliphatic rings. The highest BCUT2D eigenvalue weighted by Crippen LogP contribution is 2.04. The van der Waals surface area contributed by atoms with Crippen molar-refractivity contribution in [2.75, 3.05) is 0 Å². The van der Waals surface area contributed by atoms with Gasteiger partial charge in [-0.2, -0.15) is 0 Å². The van der Waals surface area contributed by atoms with Crippen molar-refractivity contribution in [3.8, 4) is 0 Å². The second-order valence-corrected chi connectivity index (χ2v) is 3.01. The highest BCUT2D eigenvalue weighted by atomic mass is 16.1. The standard InChI is InChI=1S/C10H12O.C3H6/c1-3-9-4-6-10(7-5-9)8(2)11;1-3-2/h4-7H,3H2,1-2H3;3H,1H2,2H3. The number of aryl methyl sites for hydroxylation is 1. The van der Waals surface area contributed by atoms with E-state index in [0.717, 1.165) is 12.0 Å². The van der Waals surface area contributed by atoms with Gasteiger partial charge < -0.3 is 0 Å². The molecule has 0 spiro atoms. The summed E-state index contributed by atoms with van der Waals surface area (Å²) < 4.78 is 0. The van der Waals surface area contributed by atoms with Crippen molar-refractivity contribution in [2.24, 2.45) is 0 Å². The van der Waals surface area contributed by atoms with E-state index >= 15 is 0 Å². The van der Waals surface area contributed by atoms with Crippen LogP contribution in [0.3, 0.4) is 0 Å². The molecule has 0 heterocycles. The largest absolute Gasteiger partial charge is 0.295 e. The fourth-order valence-corrected chi connectivity index (χ4v) is 0.975. The first kappa shape index (κ1) is 12.6. The van der Waals surface area contributed by atoms with E-state index in [1.807, 2.05) is 31.2 Å². The smallest absolute Gasteiger partial charge is 0.159 e. The van der Waals surface area contributed by atoms with Crippen molar-refractivity contribution in [3.63, 3.8) is 0 Å². The van der Waals surface area contributed by atoms with Crippen molar-refractivity contribution >= 4 is 5.78 Å². The quantitative estimate of drug-likeness (QED) is 0.514. The third-order valence-electron chi connectivity index (χ3n) is 1.77. The molecule has 76 valence electrons. The maximum atomic E-state index is 10.8. The molecular weight excluding hydrogens is 172 g/mol. The predicted octanol–water partition coefficient (Wildman–Crippen LogP) is 3.64. The van der Waals surface area contributed by atoms with Gasteiger partial charge in [0.1, 0.15) is 0 Å². The van der Waals surface area contributed by atoms with E-state index in [9.17, 15) is 4.79 Å². The molecule has 0 amide bonds. The summed E-state index contributed by atoms with van der Waals surface area (Å²) in [6.07, 6.45) is 2.78. The Morgan fingerprint density at radius 1 is 1.36 bits per heavy atom. The zero-order chi connectivity index (χ0) is 11.0. The van der Waals surface area contributed by atoms with Gasteiger partial charge in [0.25, 0.3) is 0 Å². The number of carbonyl (C=O) groups is 1. The Kier molecular flexibility index (Phi) is 6.38. The van der Waals surface area contributed by atoms with Crippen molar-refractivity contribution in [1.82, 2.24) is 0 Å². The molecule has 0 saturated heterocycles. The lowest BCUT2D eigenvalue weighted by Gasteiger charge is -1.97. The van der Waals surface area contributed by atoms with E-state index in [4.69, 9.17) is 0 Å². The Morgan fingerprint density at radius 2 is 1.79 bits per heavy atom. The van der Waals surface area contributed by atoms with Gasteiger partial charge in [0, 0.05) is 5.56 Å². The van der Waals surface area contributed by atoms with Crippen molar-refractivity contribution in [2.45, 2.75) is 27.2 Å². The Labute approximate surface area is 86.5 Å². The van der Waals surface area contributed by atoms with Crippen LogP contribution in [0.1, 0.15) is 36.7 Å². The van der Waals surface area contributed by atoms with E-state index in [-0.39, 0.29) is 5.78 Å². The number of benzene rings is 1. The van der Waals surface area contributed by atoms with E-state index < -0.39 is 0 Å². The summed E-state index contributed by atoms with van der Waals surface area (Å²) in [7, 11) is 0. The zero-order valence-electron chi connectivity index (χ0n) is 9.21. The molecular formula is C13H18O. The van der Waals surface area contributed by atoms with Crippen LogP contribution in [0.2, 0.25) is 0 Å².